The number of hydrogen-bond donors (Lipinski definition) is 1. The number of rotatable bonds is 2. The van der Waals surface area contributed by atoms with Crippen molar-refractivity contribution in [3.05, 3.63) is 65.7 Å². The number of nitrogens with one attached hydrogen (secondary N) is 1. The van der Waals surface area contributed by atoms with Crippen LogP contribution in [0.2, 0.25) is 0 Å². The van der Waals surface area contributed by atoms with Gasteiger partial charge in [-0.3, -0.25) is 9.78 Å². The second-order valence-electron chi connectivity index (χ2n) is 3.73. The highest BCUT2D eigenvalue weighted by molar-refractivity contribution is 5.94. The smallest absolute Gasteiger partial charge is 0.252 e. The van der Waals surface area contributed by atoms with Gasteiger partial charge in [-0.1, -0.05) is 11.8 Å². The molecular weight excluding hydrogens is 243 g/mol. The Bertz CT molecular complexity index is 612. The lowest BCUT2D eigenvalue weighted by Crippen LogP contribution is -2.23. The summed E-state index contributed by atoms with van der Waals surface area (Å²) in [6.07, 6.45) is 3.11. The van der Waals surface area contributed by atoms with Gasteiger partial charge in [-0.05, 0) is 36.4 Å². The van der Waals surface area contributed by atoms with E-state index in [1.807, 2.05) is 0 Å². The van der Waals surface area contributed by atoms with Crippen molar-refractivity contribution in [2.24, 2.45) is 0 Å². The van der Waals surface area contributed by atoms with E-state index in [-0.39, 0.29) is 18.3 Å². The molecule has 94 valence electrons. The predicted octanol–water partition coefficient (Wildman–Crippen LogP) is 2.00. The first-order valence-electron chi connectivity index (χ1n) is 5.68. The van der Waals surface area contributed by atoms with E-state index < -0.39 is 0 Å². The van der Waals surface area contributed by atoms with E-state index in [0.717, 1.165) is 0 Å². The lowest BCUT2D eigenvalue weighted by Gasteiger charge is -1.99. The fourth-order valence-corrected chi connectivity index (χ4v) is 1.41. The summed E-state index contributed by atoms with van der Waals surface area (Å²) in [6, 6.07) is 9.13. The minimum absolute atomic E-state index is 0.198. The van der Waals surface area contributed by atoms with Crippen LogP contribution in [0.1, 0.15) is 15.9 Å². The third kappa shape index (κ3) is 3.93. The summed E-state index contributed by atoms with van der Waals surface area (Å²) in [4.78, 5) is 15.5. The molecule has 0 aliphatic carbocycles. The molecule has 0 aliphatic heterocycles. The number of halogens is 1. The molecule has 1 amide bonds. The zero-order chi connectivity index (χ0) is 13.5. The molecule has 0 unspecified atom stereocenters. The third-order valence-corrected chi connectivity index (χ3v) is 2.36. The van der Waals surface area contributed by atoms with Gasteiger partial charge in [0.25, 0.3) is 5.91 Å². The normalized spacial score (nSPS) is 9.32. The molecule has 0 saturated heterocycles. The average Bonchev–Trinajstić information content (AvgIpc) is 2.46. The molecule has 0 aliphatic rings. The van der Waals surface area contributed by atoms with Crippen molar-refractivity contribution < 1.29 is 9.18 Å². The molecule has 1 aromatic heterocycles. The molecule has 0 bridgehead atoms. The van der Waals surface area contributed by atoms with Crippen LogP contribution >= 0.6 is 0 Å². The van der Waals surface area contributed by atoms with Gasteiger partial charge in [0.15, 0.2) is 0 Å². The third-order valence-electron chi connectivity index (χ3n) is 2.36. The number of carbonyl (C=O) groups is 1. The molecule has 1 heterocycles. The van der Waals surface area contributed by atoms with Crippen molar-refractivity contribution in [1.82, 2.24) is 10.3 Å². The number of nitrogens with zero attached hydrogens (tertiary/aromatic N) is 1. The second kappa shape index (κ2) is 6.31. The standard InChI is InChI=1S/C15H11FN2O/c16-14-5-3-12(4-6-14)2-1-9-18-15(19)13-7-10-17-11-8-13/h3-8,10-11H,9H2,(H,18,19). The molecule has 19 heavy (non-hydrogen) atoms. The topological polar surface area (TPSA) is 42.0 Å². The summed E-state index contributed by atoms with van der Waals surface area (Å²) in [5, 5.41) is 2.67. The summed E-state index contributed by atoms with van der Waals surface area (Å²) in [7, 11) is 0. The van der Waals surface area contributed by atoms with Crippen LogP contribution in [-0.4, -0.2) is 17.4 Å². The van der Waals surface area contributed by atoms with E-state index in [1.165, 1.54) is 12.1 Å². The van der Waals surface area contributed by atoms with Gasteiger partial charge in [-0.15, -0.1) is 0 Å². The van der Waals surface area contributed by atoms with E-state index in [2.05, 4.69) is 22.1 Å². The van der Waals surface area contributed by atoms with E-state index >= 15 is 0 Å². The van der Waals surface area contributed by atoms with Gasteiger partial charge >= 0.3 is 0 Å². The lowest BCUT2D eigenvalue weighted by molar-refractivity contribution is 0.0958. The minimum atomic E-state index is -0.295. The highest BCUT2D eigenvalue weighted by Gasteiger charge is 2.01. The van der Waals surface area contributed by atoms with Crippen LogP contribution in [0, 0.1) is 17.7 Å². The summed E-state index contributed by atoms with van der Waals surface area (Å²) in [5.41, 5.74) is 1.25. The molecule has 0 fully saturated rings. The first-order chi connectivity index (χ1) is 9.25. The van der Waals surface area contributed by atoms with Crippen molar-refractivity contribution in [3.63, 3.8) is 0 Å². The van der Waals surface area contributed by atoms with Crippen molar-refractivity contribution >= 4 is 5.91 Å². The number of pyridine rings is 1. The number of hydrogen-bond acceptors (Lipinski definition) is 2. The fourth-order valence-electron chi connectivity index (χ4n) is 1.41. The van der Waals surface area contributed by atoms with Crippen LogP contribution in [0.3, 0.4) is 0 Å². The van der Waals surface area contributed by atoms with E-state index in [4.69, 9.17) is 0 Å². The first kappa shape index (κ1) is 12.8. The van der Waals surface area contributed by atoms with Crippen LogP contribution in [0.5, 0.6) is 0 Å². The molecule has 3 nitrogen and oxygen atoms in total. The van der Waals surface area contributed by atoms with Crippen LogP contribution in [-0.2, 0) is 0 Å². The zero-order valence-corrected chi connectivity index (χ0v) is 10.1. The molecule has 2 aromatic rings. The van der Waals surface area contributed by atoms with Gasteiger partial charge < -0.3 is 5.32 Å². The Morgan fingerprint density at radius 3 is 2.53 bits per heavy atom. The predicted molar refractivity (Wildman–Crippen MR) is 69.8 cm³/mol. The van der Waals surface area contributed by atoms with Gasteiger partial charge in [0, 0.05) is 23.5 Å². The molecule has 0 atom stereocenters. The summed E-state index contributed by atoms with van der Waals surface area (Å²) < 4.78 is 12.7. The van der Waals surface area contributed by atoms with Crippen LogP contribution < -0.4 is 5.32 Å². The van der Waals surface area contributed by atoms with Crippen molar-refractivity contribution in [3.8, 4) is 11.8 Å². The van der Waals surface area contributed by atoms with Gasteiger partial charge in [-0.2, -0.15) is 0 Å². The minimum Gasteiger partial charge on any atom is -0.341 e. The largest absolute Gasteiger partial charge is 0.341 e. The quantitative estimate of drug-likeness (QED) is 0.833. The zero-order valence-electron chi connectivity index (χ0n) is 10.1. The van der Waals surface area contributed by atoms with Crippen molar-refractivity contribution in [2.75, 3.05) is 6.54 Å². The Labute approximate surface area is 110 Å². The highest BCUT2D eigenvalue weighted by atomic mass is 19.1. The van der Waals surface area contributed by atoms with Crippen molar-refractivity contribution in [2.45, 2.75) is 0 Å². The molecule has 2 rings (SSSR count). The van der Waals surface area contributed by atoms with E-state index in [0.29, 0.717) is 11.1 Å². The Balaban J connectivity index is 1.87. The van der Waals surface area contributed by atoms with Gasteiger partial charge in [0.05, 0.1) is 6.54 Å². The number of benzene rings is 1. The number of amides is 1. The van der Waals surface area contributed by atoms with Crippen molar-refractivity contribution in [1.29, 1.82) is 0 Å². The monoisotopic (exact) mass is 254 g/mol. The number of aromatic nitrogens is 1. The van der Waals surface area contributed by atoms with E-state index in [1.54, 1.807) is 36.7 Å². The Morgan fingerprint density at radius 1 is 1.16 bits per heavy atom. The lowest BCUT2D eigenvalue weighted by atomic mass is 10.2. The summed E-state index contributed by atoms with van der Waals surface area (Å²) >= 11 is 0. The maximum absolute atomic E-state index is 12.7. The molecular formula is C15H11FN2O. The molecule has 1 aromatic carbocycles. The second-order valence-corrected chi connectivity index (χ2v) is 3.73. The van der Waals surface area contributed by atoms with Gasteiger partial charge in [0.2, 0.25) is 0 Å². The maximum atomic E-state index is 12.7. The van der Waals surface area contributed by atoms with Gasteiger partial charge in [-0.25, -0.2) is 4.39 Å². The molecule has 1 N–H and O–H groups in total. The highest BCUT2D eigenvalue weighted by Crippen LogP contribution is 2.00. The van der Waals surface area contributed by atoms with Gasteiger partial charge in [0.1, 0.15) is 5.82 Å². The molecule has 0 radical (unpaired) electrons. The summed E-state index contributed by atoms with van der Waals surface area (Å²) in [5.74, 6) is 5.14. The van der Waals surface area contributed by atoms with Crippen LogP contribution in [0.25, 0.3) is 0 Å². The van der Waals surface area contributed by atoms with Crippen LogP contribution in [0.4, 0.5) is 4.39 Å². The number of carbonyl (C=O) groups excluding carboxylic acids is 1. The van der Waals surface area contributed by atoms with E-state index in [9.17, 15) is 9.18 Å². The Morgan fingerprint density at radius 2 is 1.84 bits per heavy atom. The fraction of sp³-hybridized carbons (Fsp3) is 0.0667. The first-order valence-corrected chi connectivity index (χ1v) is 5.68. The SMILES string of the molecule is O=C(NCC#Cc1ccc(F)cc1)c1ccncc1. The molecule has 4 heteroatoms. The maximum Gasteiger partial charge on any atom is 0.252 e. The average molecular weight is 254 g/mol. The summed E-state index contributed by atoms with van der Waals surface area (Å²) in [6.45, 7) is 0.235. The van der Waals surface area contributed by atoms with Crippen LogP contribution in [0.15, 0.2) is 48.8 Å². The Kier molecular flexibility index (Phi) is 4.25. The molecule has 0 saturated carbocycles. The Hall–Kier alpha value is -2.67. The molecule has 0 spiro atoms.